The van der Waals surface area contributed by atoms with Crippen LogP contribution in [-0.4, -0.2) is 18.9 Å². The van der Waals surface area contributed by atoms with Crippen LogP contribution in [-0.2, 0) is 5.54 Å². The van der Waals surface area contributed by atoms with Crippen molar-refractivity contribution in [3.8, 4) is 0 Å². The van der Waals surface area contributed by atoms with Crippen LogP contribution >= 0.6 is 12.4 Å². The molecule has 0 fully saturated rings. The summed E-state index contributed by atoms with van der Waals surface area (Å²) < 4.78 is 0. The summed E-state index contributed by atoms with van der Waals surface area (Å²) in [6, 6.07) is 18.7. The Morgan fingerprint density at radius 3 is 2.39 bits per heavy atom. The largest absolute Gasteiger partial charge is 0.327 e. The van der Waals surface area contributed by atoms with Crippen LogP contribution in [0.2, 0.25) is 0 Å². The molecule has 0 saturated carbocycles. The summed E-state index contributed by atoms with van der Waals surface area (Å²) in [5.74, 6) is 0.985. The minimum atomic E-state index is -0.644. The van der Waals surface area contributed by atoms with Crippen LogP contribution in [0.25, 0.3) is 0 Å². The third kappa shape index (κ3) is 2.27. The lowest BCUT2D eigenvalue weighted by molar-refractivity contribution is 0.379. The highest BCUT2D eigenvalue weighted by atomic mass is 35.5. The van der Waals surface area contributed by atoms with Crippen LogP contribution in [0.15, 0.2) is 59.6 Å². The second-order valence-corrected chi connectivity index (χ2v) is 7.08. The Morgan fingerprint density at radius 2 is 1.65 bits per heavy atom. The quantitative estimate of drug-likeness (QED) is 0.870. The normalized spacial score (nSPS) is 24.3. The number of hydrogen-bond acceptors (Lipinski definition) is 3. The van der Waals surface area contributed by atoms with Gasteiger partial charge in [0.1, 0.15) is 11.4 Å². The van der Waals surface area contributed by atoms with Gasteiger partial charge in [-0.25, -0.2) is 0 Å². The van der Waals surface area contributed by atoms with Crippen LogP contribution in [0.4, 0.5) is 5.69 Å². The Morgan fingerprint density at radius 1 is 1.00 bits per heavy atom. The van der Waals surface area contributed by atoms with E-state index in [2.05, 4.69) is 55.1 Å². The molecule has 0 aliphatic carbocycles. The summed E-state index contributed by atoms with van der Waals surface area (Å²) >= 11 is 0. The number of rotatable bonds is 1. The molecule has 120 valence electrons. The monoisotopic (exact) mass is 327 g/mol. The summed E-state index contributed by atoms with van der Waals surface area (Å²) in [6.45, 7) is 6.29. The van der Waals surface area contributed by atoms with Gasteiger partial charge in [-0.1, -0.05) is 62.4 Å². The highest BCUT2D eigenvalue weighted by molar-refractivity contribution is 6.13. The molecule has 0 spiro atoms. The van der Waals surface area contributed by atoms with Crippen LogP contribution in [0, 0.1) is 5.41 Å². The van der Waals surface area contributed by atoms with E-state index in [1.54, 1.807) is 0 Å². The van der Waals surface area contributed by atoms with Gasteiger partial charge in [0.15, 0.2) is 0 Å². The summed E-state index contributed by atoms with van der Waals surface area (Å²) in [4.78, 5) is 7.22. The predicted octanol–water partition coefficient (Wildman–Crippen LogP) is 3.57. The van der Waals surface area contributed by atoms with E-state index in [0.29, 0.717) is 0 Å². The van der Waals surface area contributed by atoms with Gasteiger partial charge in [-0.05, 0) is 11.6 Å². The minimum Gasteiger partial charge on any atom is -0.327 e. The first-order valence-electron chi connectivity index (χ1n) is 7.79. The van der Waals surface area contributed by atoms with Crippen molar-refractivity contribution >= 4 is 23.9 Å². The molecule has 0 bridgehead atoms. The third-order valence-electron chi connectivity index (χ3n) is 4.70. The van der Waals surface area contributed by atoms with Crippen LogP contribution < -0.4 is 10.6 Å². The molecule has 0 aromatic heterocycles. The van der Waals surface area contributed by atoms with Crippen molar-refractivity contribution < 1.29 is 0 Å². The molecule has 0 amide bonds. The van der Waals surface area contributed by atoms with E-state index >= 15 is 0 Å². The maximum absolute atomic E-state index is 6.96. The standard InChI is InChI=1S/C19H21N3.ClH/c1-18(2)12-21-17-19(20,14-8-4-3-5-9-14)15-10-6-7-11-16(15)22(17)13-18;/h3-11H,12-13,20H2,1-2H3;1H. The Hall–Kier alpha value is -1.84. The number of fused-ring (bicyclic) bond motifs is 3. The molecule has 2 aromatic rings. The second-order valence-electron chi connectivity index (χ2n) is 7.08. The average Bonchev–Trinajstić information content (AvgIpc) is 2.78. The van der Waals surface area contributed by atoms with Gasteiger partial charge >= 0.3 is 0 Å². The molecule has 2 aliphatic rings. The number of benzene rings is 2. The summed E-state index contributed by atoms with van der Waals surface area (Å²) in [7, 11) is 0. The highest BCUT2D eigenvalue weighted by Gasteiger charge is 2.49. The number of amidine groups is 1. The summed E-state index contributed by atoms with van der Waals surface area (Å²) in [5, 5.41) is 0. The lowest BCUT2D eigenvalue weighted by Gasteiger charge is -2.38. The molecule has 3 nitrogen and oxygen atoms in total. The fourth-order valence-electron chi connectivity index (χ4n) is 3.61. The summed E-state index contributed by atoms with van der Waals surface area (Å²) in [5.41, 5.74) is 9.93. The number of nitrogens with zero attached hydrogens (tertiary/aromatic N) is 2. The van der Waals surface area contributed by atoms with Crippen molar-refractivity contribution in [1.82, 2.24) is 0 Å². The second kappa shape index (κ2) is 5.36. The van der Waals surface area contributed by atoms with Crippen molar-refractivity contribution in [3.05, 3.63) is 65.7 Å². The average molecular weight is 328 g/mol. The number of para-hydroxylation sites is 1. The third-order valence-corrected chi connectivity index (χ3v) is 4.70. The molecule has 2 aliphatic heterocycles. The fourth-order valence-corrected chi connectivity index (χ4v) is 3.61. The van der Waals surface area contributed by atoms with Gasteiger partial charge in [0.2, 0.25) is 0 Å². The molecule has 2 heterocycles. The molecule has 4 heteroatoms. The molecule has 2 aromatic carbocycles. The zero-order valence-corrected chi connectivity index (χ0v) is 14.3. The summed E-state index contributed by atoms with van der Waals surface area (Å²) in [6.07, 6.45) is 0. The first-order valence-corrected chi connectivity index (χ1v) is 7.79. The molecular weight excluding hydrogens is 306 g/mol. The predicted molar refractivity (Wildman–Crippen MR) is 98.5 cm³/mol. The molecule has 4 rings (SSSR count). The highest BCUT2D eigenvalue weighted by Crippen LogP contribution is 2.46. The first kappa shape index (κ1) is 16.0. The van der Waals surface area contributed by atoms with Crippen LogP contribution in [0.5, 0.6) is 0 Å². The topological polar surface area (TPSA) is 41.6 Å². The van der Waals surface area contributed by atoms with Gasteiger partial charge in [-0.15, -0.1) is 12.4 Å². The Kier molecular flexibility index (Phi) is 3.74. The van der Waals surface area contributed by atoms with Gasteiger partial charge < -0.3 is 10.6 Å². The molecule has 2 N–H and O–H groups in total. The lowest BCUT2D eigenvalue weighted by Crippen LogP contribution is -2.53. The fraction of sp³-hybridized carbons (Fsp3) is 0.316. The van der Waals surface area contributed by atoms with E-state index in [0.717, 1.165) is 30.1 Å². The zero-order valence-electron chi connectivity index (χ0n) is 13.5. The van der Waals surface area contributed by atoms with Crippen LogP contribution in [0.1, 0.15) is 25.0 Å². The van der Waals surface area contributed by atoms with E-state index in [4.69, 9.17) is 10.7 Å². The number of hydrogen-bond donors (Lipinski definition) is 1. The van der Waals surface area contributed by atoms with Crippen molar-refractivity contribution in [2.75, 3.05) is 18.0 Å². The number of aliphatic imine (C=N–C) groups is 1. The van der Waals surface area contributed by atoms with Gasteiger partial charge in [-0.3, -0.25) is 4.99 Å². The van der Waals surface area contributed by atoms with E-state index < -0.39 is 5.54 Å². The number of anilines is 1. The van der Waals surface area contributed by atoms with Crippen molar-refractivity contribution in [1.29, 1.82) is 0 Å². The van der Waals surface area contributed by atoms with Crippen molar-refractivity contribution in [2.24, 2.45) is 16.1 Å². The van der Waals surface area contributed by atoms with Gasteiger partial charge in [-0.2, -0.15) is 0 Å². The lowest BCUT2D eigenvalue weighted by atomic mass is 9.83. The van der Waals surface area contributed by atoms with Gasteiger partial charge in [0.05, 0.1) is 0 Å². The van der Waals surface area contributed by atoms with Crippen LogP contribution in [0.3, 0.4) is 0 Å². The molecule has 0 saturated heterocycles. The SMILES string of the molecule is CC1(C)CN=C2N(C1)c1ccccc1C2(N)c1ccccc1.Cl. The number of halogens is 1. The van der Waals surface area contributed by atoms with E-state index in [1.807, 2.05) is 18.2 Å². The molecule has 23 heavy (non-hydrogen) atoms. The zero-order chi connectivity index (χ0) is 15.4. The molecule has 0 radical (unpaired) electrons. The number of nitrogens with two attached hydrogens (primary N) is 1. The van der Waals surface area contributed by atoms with Crippen molar-refractivity contribution in [3.63, 3.8) is 0 Å². The maximum Gasteiger partial charge on any atom is 0.133 e. The van der Waals surface area contributed by atoms with Gasteiger partial charge in [0.25, 0.3) is 0 Å². The van der Waals surface area contributed by atoms with Gasteiger partial charge in [0, 0.05) is 29.8 Å². The van der Waals surface area contributed by atoms with E-state index in [1.165, 1.54) is 5.69 Å². The van der Waals surface area contributed by atoms with E-state index in [-0.39, 0.29) is 17.8 Å². The molecular formula is C19H22ClN3. The maximum atomic E-state index is 6.96. The molecule has 1 atom stereocenters. The molecule has 1 unspecified atom stereocenters. The Bertz CT molecular complexity index is 754. The Balaban J connectivity index is 0.00000156. The van der Waals surface area contributed by atoms with E-state index in [9.17, 15) is 0 Å². The van der Waals surface area contributed by atoms with Crippen molar-refractivity contribution in [2.45, 2.75) is 19.4 Å². The minimum absolute atomic E-state index is 0. The first-order chi connectivity index (χ1) is 10.5. The Labute approximate surface area is 143 Å². The smallest absolute Gasteiger partial charge is 0.133 e.